The predicted octanol–water partition coefficient (Wildman–Crippen LogP) is 6.08. The van der Waals surface area contributed by atoms with Crippen molar-refractivity contribution in [1.29, 1.82) is 0 Å². The average molecular weight is 493 g/mol. The molecule has 4 nitrogen and oxygen atoms in total. The number of hydrogen-bond donors (Lipinski definition) is 2. The first kappa shape index (κ1) is 24.5. The molecule has 0 saturated carbocycles. The van der Waals surface area contributed by atoms with Crippen molar-refractivity contribution in [3.05, 3.63) is 76.4 Å². The number of fused-ring (bicyclic) bond motifs is 2. The van der Waals surface area contributed by atoms with Gasteiger partial charge >= 0.3 is 0 Å². The molecule has 0 radical (unpaired) electrons. The number of nitrogens with zero attached hydrogens (tertiary/aromatic N) is 2. The van der Waals surface area contributed by atoms with Crippen LogP contribution in [0.3, 0.4) is 0 Å². The highest BCUT2D eigenvalue weighted by atomic mass is 35.5. The highest BCUT2D eigenvalue weighted by Gasteiger charge is 2.27. The molecule has 2 N–H and O–H groups in total. The largest absolute Gasteiger partial charge is 0.353 e. The molecule has 1 fully saturated rings. The number of amidine groups is 1. The fourth-order valence-electron chi connectivity index (χ4n) is 4.23. The summed E-state index contributed by atoms with van der Waals surface area (Å²) in [5.74, 6) is 0.920. The Morgan fingerprint density at radius 3 is 2.75 bits per heavy atom. The number of para-hydroxylation sites is 2. The van der Waals surface area contributed by atoms with E-state index in [2.05, 4.69) is 40.7 Å². The number of piperazine rings is 1. The fraction of sp³-hybridized carbons (Fsp3) is 0.292. The van der Waals surface area contributed by atoms with Crippen molar-refractivity contribution < 1.29 is 4.39 Å². The number of aryl methyl sites for hydroxylation is 2. The molecular weight excluding hydrogens is 466 g/mol. The molecular formula is C24H27Cl2FN4S. The van der Waals surface area contributed by atoms with Gasteiger partial charge in [-0.1, -0.05) is 30.3 Å². The lowest BCUT2D eigenvalue weighted by Gasteiger charge is -2.36. The first-order chi connectivity index (χ1) is 14.7. The van der Waals surface area contributed by atoms with Crippen LogP contribution < -0.4 is 10.6 Å². The van der Waals surface area contributed by atoms with Gasteiger partial charge in [-0.15, -0.1) is 36.2 Å². The lowest BCUT2D eigenvalue weighted by atomic mass is 10.0. The number of halogens is 3. The standard InChI is InChI=1S/C24H25FN4S.2ClH/c1-16-14-19-23(27-21-8-4-5-9-22(21)28-24(19)30-16)29-13-12-26-18(15-29)11-10-17-6-2-3-7-20(17)25;;/h2-9,14,18,26,28H,10-13,15H2,1H3;2*1H/t18-;;/m0../s1. The van der Waals surface area contributed by atoms with Crippen LogP contribution in [-0.2, 0) is 6.42 Å². The topological polar surface area (TPSA) is 39.7 Å². The van der Waals surface area contributed by atoms with Crippen LogP contribution in [0.15, 0.2) is 59.6 Å². The molecule has 2 aliphatic rings. The zero-order valence-electron chi connectivity index (χ0n) is 17.8. The van der Waals surface area contributed by atoms with Crippen LogP contribution in [-0.4, -0.2) is 36.4 Å². The minimum absolute atomic E-state index is 0. The van der Waals surface area contributed by atoms with E-state index in [4.69, 9.17) is 4.99 Å². The smallest absolute Gasteiger partial charge is 0.139 e. The maximum absolute atomic E-state index is 14.0. The summed E-state index contributed by atoms with van der Waals surface area (Å²) in [6, 6.07) is 17.8. The van der Waals surface area contributed by atoms with Crippen molar-refractivity contribution in [1.82, 2.24) is 10.2 Å². The lowest BCUT2D eigenvalue weighted by molar-refractivity contribution is 0.282. The molecule has 3 aromatic rings. The second-order valence-corrected chi connectivity index (χ2v) is 9.16. The van der Waals surface area contributed by atoms with Gasteiger partial charge in [0.1, 0.15) is 16.7 Å². The number of thiophene rings is 1. The van der Waals surface area contributed by atoms with Crippen molar-refractivity contribution in [2.45, 2.75) is 25.8 Å². The molecule has 0 amide bonds. The van der Waals surface area contributed by atoms with Gasteiger partial charge in [0.15, 0.2) is 0 Å². The Morgan fingerprint density at radius 2 is 1.91 bits per heavy atom. The van der Waals surface area contributed by atoms with Crippen molar-refractivity contribution in [3.63, 3.8) is 0 Å². The molecule has 0 aliphatic carbocycles. The van der Waals surface area contributed by atoms with Gasteiger partial charge < -0.3 is 15.5 Å². The van der Waals surface area contributed by atoms with Crippen LogP contribution >= 0.6 is 36.2 Å². The Bertz CT molecular complexity index is 1100. The second-order valence-electron chi connectivity index (χ2n) is 7.90. The number of aliphatic imine (C=N–C) groups is 1. The van der Waals surface area contributed by atoms with E-state index >= 15 is 0 Å². The van der Waals surface area contributed by atoms with E-state index in [0.717, 1.165) is 60.3 Å². The van der Waals surface area contributed by atoms with Gasteiger partial charge in [0.25, 0.3) is 0 Å². The number of benzene rings is 2. The second kappa shape index (κ2) is 10.7. The molecule has 5 rings (SSSR count). The van der Waals surface area contributed by atoms with Crippen LogP contribution in [0.2, 0.25) is 0 Å². The first-order valence-electron chi connectivity index (χ1n) is 10.4. The number of rotatable bonds is 3. The van der Waals surface area contributed by atoms with Gasteiger partial charge in [-0.3, -0.25) is 0 Å². The maximum atomic E-state index is 14.0. The van der Waals surface area contributed by atoms with E-state index in [0.29, 0.717) is 6.04 Å². The molecule has 170 valence electrons. The van der Waals surface area contributed by atoms with Gasteiger partial charge in [0, 0.05) is 30.6 Å². The van der Waals surface area contributed by atoms with Crippen molar-refractivity contribution >= 4 is 58.4 Å². The van der Waals surface area contributed by atoms with Crippen molar-refractivity contribution in [2.24, 2.45) is 4.99 Å². The Morgan fingerprint density at radius 1 is 1.12 bits per heavy atom. The molecule has 0 bridgehead atoms. The van der Waals surface area contributed by atoms with Gasteiger partial charge in [0.2, 0.25) is 0 Å². The van der Waals surface area contributed by atoms with Crippen LogP contribution in [0.5, 0.6) is 0 Å². The van der Waals surface area contributed by atoms with Crippen LogP contribution in [0.1, 0.15) is 22.4 Å². The van der Waals surface area contributed by atoms with E-state index in [1.807, 2.05) is 24.3 Å². The first-order valence-corrected chi connectivity index (χ1v) is 11.3. The molecule has 0 unspecified atom stereocenters. The normalized spacial score (nSPS) is 17.0. The SMILES string of the molecule is Cc1cc2c(s1)Nc1ccccc1N=C2N1CCN[C@@H](CCc2ccccc2F)C1.Cl.Cl. The third-order valence-corrected chi connectivity index (χ3v) is 6.72. The monoisotopic (exact) mass is 492 g/mol. The Balaban J connectivity index is 0.00000144. The molecule has 2 aromatic carbocycles. The quantitative estimate of drug-likeness (QED) is 0.465. The van der Waals surface area contributed by atoms with Crippen LogP contribution in [0, 0.1) is 12.7 Å². The Kier molecular flexibility index (Phi) is 8.17. The van der Waals surface area contributed by atoms with Gasteiger partial charge in [0.05, 0.1) is 16.9 Å². The molecule has 2 aliphatic heterocycles. The summed E-state index contributed by atoms with van der Waals surface area (Å²) >= 11 is 1.77. The van der Waals surface area contributed by atoms with E-state index in [1.54, 1.807) is 23.5 Å². The average Bonchev–Trinajstić information content (AvgIpc) is 3.05. The number of nitrogens with one attached hydrogen (secondary N) is 2. The van der Waals surface area contributed by atoms with Gasteiger partial charge in [-0.05, 0) is 49.6 Å². The summed E-state index contributed by atoms with van der Waals surface area (Å²) < 4.78 is 14.0. The van der Waals surface area contributed by atoms with Crippen molar-refractivity contribution in [3.8, 4) is 0 Å². The lowest BCUT2D eigenvalue weighted by Crippen LogP contribution is -2.52. The van der Waals surface area contributed by atoms with E-state index in [1.165, 1.54) is 10.4 Å². The van der Waals surface area contributed by atoms with E-state index < -0.39 is 0 Å². The fourth-order valence-corrected chi connectivity index (χ4v) is 5.15. The predicted molar refractivity (Wildman–Crippen MR) is 138 cm³/mol. The summed E-state index contributed by atoms with van der Waals surface area (Å²) in [6.45, 7) is 4.81. The zero-order chi connectivity index (χ0) is 20.5. The third-order valence-electron chi connectivity index (χ3n) is 5.75. The minimum Gasteiger partial charge on any atom is -0.353 e. The van der Waals surface area contributed by atoms with Crippen LogP contribution in [0.4, 0.5) is 20.8 Å². The highest BCUT2D eigenvalue weighted by molar-refractivity contribution is 7.16. The summed E-state index contributed by atoms with van der Waals surface area (Å²) in [5, 5.41) is 8.34. The Labute approximate surface area is 204 Å². The molecule has 0 spiro atoms. The maximum Gasteiger partial charge on any atom is 0.139 e. The number of anilines is 2. The van der Waals surface area contributed by atoms with E-state index in [9.17, 15) is 4.39 Å². The third kappa shape index (κ3) is 5.09. The van der Waals surface area contributed by atoms with Gasteiger partial charge in [-0.2, -0.15) is 0 Å². The zero-order valence-corrected chi connectivity index (χ0v) is 20.3. The van der Waals surface area contributed by atoms with Crippen LogP contribution in [0.25, 0.3) is 0 Å². The minimum atomic E-state index is -0.112. The summed E-state index contributed by atoms with van der Waals surface area (Å²) in [7, 11) is 0. The molecule has 32 heavy (non-hydrogen) atoms. The highest BCUT2D eigenvalue weighted by Crippen LogP contribution is 2.39. The molecule has 3 heterocycles. The molecule has 1 saturated heterocycles. The summed E-state index contributed by atoms with van der Waals surface area (Å²) in [6.07, 6.45) is 1.63. The Hall–Kier alpha value is -2.12. The van der Waals surface area contributed by atoms with Gasteiger partial charge in [-0.25, -0.2) is 9.38 Å². The molecule has 1 aromatic heterocycles. The van der Waals surface area contributed by atoms with E-state index in [-0.39, 0.29) is 30.6 Å². The molecule has 1 atom stereocenters. The summed E-state index contributed by atoms with van der Waals surface area (Å²) in [4.78, 5) is 8.74. The molecule has 8 heteroatoms. The number of hydrogen-bond acceptors (Lipinski definition) is 5. The summed E-state index contributed by atoms with van der Waals surface area (Å²) in [5.41, 5.74) is 3.97. The van der Waals surface area contributed by atoms with Crippen molar-refractivity contribution in [2.75, 3.05) is 25.0 Å².